The number of carbonyl (C=O) groups excluding carboxylic acids is 2. The molecule has 0 aromatic carbocycles. The van der Waals surface area contributed by atoms with E-state index in [0.717, 1.165) is 77.0 Å². The Balaban J connectivity index is 3.50. The zero-order valence-corrected chi connectivity index (χ0v) is 42.1. The number of unbranched alkanes of at least 4 members (excludes halogenated alkanes) is 37. The molecule has 0 radical (unpaired) electrons. The molecule has 6 nitrogen and oxygen atoms in total. The molecule has 0 spiro atoms. The lowest BCUT2D eigenvalue weighted by atomic mass is 10.0. The minimum absolute atomic E-state index is 0.0186. The van der Waals surface area contributed by atoms with Gasteiger partial charge in [0.25, 0.3) is 0 Å². The summed E-state index contributed by atoms with van der Waals surface area (Å²) >= 11 is 0. The van der Waals surface area contributed by atoms with Crippen LogP contribution in [0.25, 0.3) is 0 Å². The Morgan fingerprint density at radius 3 is 1.17 bits per heavy atom. The topological polar surface area (TPSA) is 95.9 Å². The maximum absolute atomic E-state index is 12.4. The minimum Gasteiger partial charge on any atom is -0.466 e. The Kier molecular flexibility index (Phi) is 51.1. The number of nitrogens with one attached hydrogen (secondary N) is 1. The first kappa shape index (κ1) is 61.1. The predicted molar refractivity (Wildman–Crippen MR) is 273 cm³/mol. The molecule has 0 aliphatic carbocycles. The van der Waals surface area contributed by atoms with E-state index in [1.54, 1.807) is 6.08 Å². The second kappa shape index (κ2) is 52.7. The molecule has 2 unspecified atom stereocenters. The van der Waals surface area contributed by atoms with Crippen molar-refractivity contribution < 1.29 is 24.5 Å². The summed E-state index contributed by atoms with van der Waals surface area (Å²) < 4.78 is 5.46. The molecule has 0 fully saturated rings. The van der Waals surface area contributed by atoms with Crippen molar-refractivity contribution in [1.82, 2.24) is 5.32 Å². The van der Waals surface area contributed by atoms with Gasteiger partial charge in [0.2, 0.25) is 5.91 Å². The van der Waals surface area contributed by atoms with Crippen LogP contribution in [0.4, 0.5) is 0 Å². The predicted octanol–water partition coefficient (Wildman–Crippen LogP) is 16.9. The Hall–Kier alpha value is -1.92. The van der Waals surface area contributed by atoms with Crippen LogP contribution in [-0.4, -0.2) is 47.4 Å². The molecule has 2 atom stereocenters. The minimum atomic E-state index is -0.858. The molecular formula is C57H107NO5. The van der Waals surface area contributed by atoms with Crippen LogP contribution in [0.3, 0.4) is 0 Å². The summed E-state index contributed by atoms with van der Waals surface area (Å²) in [5.74, 6) is -0.110. The van der Waals surface area contributed by atoms with Crippen molar-refractivity contribution in [2.75, 3.05) is 13.2 Å². The molecule has 63 heavy (non-hydrogen) atoms. The molecule has 1 amide bonds. The Labute approximate surface area is 392 Å². The Morgan fingerprint density at radius 2 is 0.778 bits per heavy atom. The van der Waals surface area contributed by atoms with Crippen molar-refractivity contribution >= 4 is 11.9 Å². The van der Waals surface area contributed by atoms with Gasteiger partial charge in [-0.15, -0.1) is 0 Å². The first-order valence-corrected chi connectivity index (χ1v) is 27.8. The number of rotatable bonds is 51. The average Bonchev–Trinajstić information content (AvgIpc) is 3.28. The highest BCUT2D eigenvalue weighted by Crippen LogP contribution is 2.16. The summed E-state index contributed by atoms with van der Waals surface area (Å²) in [6.45, 7) is 4.84. The quantitative estimate of drug-likeness (QED) is 0.0245. The molecule has 0 heterocycles. The van der Waals surface area contributed by atoms with Crippen LogP contribution in [0.1, 0.15) is 290 Å². The maximum atomic E-state index is 12.4. The molecule has 0 aliphatic rings. The third kappa shape index (κ3) is 49.4. The molecule has 0 bridgehead atoms. The zero-order chi connectivity index (χ0) is 45.8. The number of aliphatic hydroxyl groups excluding tert-OH is 2. The number of hydrogen-bond donors (Lipinski definition) is 3. The number of esters is 1. The molecular weight excluding hydrogens is 779 g/mol. The van der Waals surface area contributed by atoms with Gasteiger partial charge in [-0.3, -0.25) is 9.59 Å². The van der Waals surface area contributed by atoms with Gasteiger partial charge in [0.1, 0.15) is 0 Å². The largest absolute Gasteiger partial charge is 0.466 e. The van der Waals surface area contributed by atoms with Gasteiger partial charge in [-0.25, -0.2) is 0 Å². The first-order chi connectivity index (χ1) is 31.0. The van der Waals surface area contributed by atoms with Crippen molar-refractivity contribution in [2.24, 2.45) is 0 Å². The molecule has 0 saturated carbocycles. The highest BCUT2D eigenvalue weighted by molar-refractivity contribution is 5.76. The third-order valence-electron chi connectivity index (χ3n) is 12.7. The summed E-state index contributed by atoms with van der Waals surface area (Å²) in [6, 6.07) is -0.643. The SMILES string of the molecule is CCCCCCCCCCCC/C=C/C(O)C(CO)NC(=O)CCCCCCCC/C=C\C=C/CCCCCOC(=O)CCCCCCCCCCCCCCCCCCCCC. The fourth-order valence-electron chi connectivity index (χ4n) is 8.39. The van der Waals surface area contributed by atoms with Gasteiger partial charge in [0.05, 0.1) is 25.4 Å². The van der Waals surface area contributed by atoms with Crippen LogP contribution in [0, 0.1) is 0 Å². The summed E-state index contributed by atoms with van der Waals surface area (Å²) in [4.78, 5) is 24.5. The number of ether oxygens (including phenoxy) is 1. The van der Waals surface area contributed by atoms with Crippen LogP contribution >= 0.6 is 0 Å². The second-order valence-electron chi connectivity index (χ2n) is 18.9. The van der Waals surface area contributed by atoms with E-state index in [4.69, 9.17) is 4.74 Å². The monoisotopic (exact) mass is 886 g/mol. The van der Waals surface area contributed by atoms with E-state index in [-0.39, 0.29) is 18.5 Å². The van der Waals surface area contributed by atoms with E-state index in [0.29, 0.717) is 19.4 Å². The van der Waals surface area contributed by atoms with Gasteiger partial charge in [-0.2, -0.15) is 0 Å². The molecule has 0 aromatic heterocycles. The molecule has 3 N–H and O–H groups in total. The Bertz CT molecular complexity index is 1020. The lowest BCUT2D eigenvalue weighted by Gasteiger charge is -2.20. The molecule has 0 saturated heterocycles. The smallest absolute Gasteiger partial charge is 0.305 e. The van der Waals surface area contributed by atoms with Crippen LogP contribution in [0.5, 0.6) is 0 Å². The van der Waals surface area contributed by atoms with E-state index in [9.17, 15) is 19.8 Å². The van der Waals surface area contributed by atoms with E-state index in [1.807, 2.05) is 6.08 Å². The number of allylic oxidation sites excluding steroid dienone is 5. The van der Waals surface area contributed by atoms with E-state index < -0.39 is 12.1 Å². The fourth-order valence-corrected chi connectivity index (χ4v) is 8.39. The molecule has 6 heteroatoms. The van der Waals surface area contributed by atoms with Crippen molar-refractivity contribution in [3.8, 4) is 0 Å². The average molecular weight is 886 g/mol. The highest BCUT2D eigenvalue weighted by Gasteiger charge is 2.18. The van der Waals surface area contributed by atoms with Crippen molar-refractivity contribution in [1.29, 1.82) is 0 Å². The van der Waals surface area contributed by atoms with Crippen molar-refractivity contribution in [2.45, 2.75) is 302 Å². The van der Waals surface area contributed by atoms with Gasteiger partial charge in [0.15, 0.2) is 0 Å². The van der Waals surface area contributed by atoms with Crippen molar-refractivity contribution in [3.05, 3.63) is 36.5 Å². The number of amides is 1. The summed E-state index contributed by atoms with van der Waals surface area (Å²) in [5.41, 5.74) is 0. The highest BCUT2D eigenvalue weighted by atomic mass is 16.5. The molecule has 370 valence electrons. The van der Waals surface area contributed by atoms with Gasteiger partial charge < -0.3 is 20.3 Å². The van der Waals surface area contributed by atoms with Gasteiger partial charge >= 0.3 is 5.97 Å². The molecule has 0 aromatic rings. The number of carbonyl (C=O) groups is 2. The zero-order valence-electron chi connectivity index (χ0n) is 42.1. The van der Waals surface area contributed by atoms with E-state index in [2.05, 4.69) is 43.5 Å². The molecule has 0 rings (SSSR count). The summed E-state index contributed by atoms with van der Waals surface area (Å²) in [5, 5.41) is 23.0. The summed E-state index contributed by atoms with van der Waals surface area (Å²) in [7, 11) is 0. The lowest BCUT2D eigenvalue weighted by Crippen LogP contribution is -2.45. The molecule has 0 aliphatic heterocycles. The normalized spacial score (nSPS) is 12.9. The van der Waals surface area contributed by atoms with E-state index >= 15 is 0 Å². The van der Waals surface area contributed by atoms with E-state index in [1.165, 1.54) is 186 Å². The third-order valence-corrected chi connectivity index (χ3v) is 12.7. The second-order valence-corrected chi connectivity index (χ2v) is 18.9. The van der Waals surface area contributed by atoms with Crippen LogP contribution in [0.2, 0.25) is 0 Å². The Morgan fingerprint density at radius 1 is 0.444 bits per heavy atom. The lowest BCUT2D eigenvalue weighted by molar-refractivity contribution is -0.143. The first-order valence-electron chi connectivity index (χ1n) is 27.8. The van der Waals surface area contributed by atoms with Crippen LogP contribution in [-0.2, 0) is 14.3 Å². The van der Waals surface area contributed by atoms with Crippen LogP contribution in [0.15, 0.2) is 36.5 Å². The standard InChI is InChI=1S/C57H107NO5/c1-3-5-7-9-11-13-15-17-18-19-20-21-24-27-31-35-39-43-47-51-57(62)63-52-48-44-40-36-32-28-25-22-23-26-30-34-38-42-46-50-56(61)58-54(53-59)55(60)49-45-41-37-33-29-16-14-12-10-8-6-4-2/h22,25,28,32,45,49,54-55,59-60H,3-21,23-24,26-27,29-31,33-44,46-48,50-53H2,1-2H3,(H,58,61)/b25-22-,32-28-,49-45+. The fraction of sp³-hybridized carbons (Fsp3) is 0.860. The van der Waals surface area contributed by atoms with Gasteiger partial charge in [-0.1, -0.05) is 249 Å². The van der Waals surface area contributed by atoms with Gasteiger partial charge in [0, 0.05) is 12.8 Å². The van der Waals surface area contributed by atoms with Gasteiger partial charge in [-0.05, 0) is 64.2 Å². The number of aliphatic hydroxyl groups is 2. The summed E-state index contributed by atoms with van der Waals surface area (Å²) in [6.07, 6.45) is 64.5. The van der Waals surface area contributed by atoms with Crippen molar-refractivity contribution in [3.63, 3.8) is 0 Å². The number of hydrogen-bond acceptors (Lipinski definition) is 5. The van der Waals surface area contributed by atoms with Crippen LogP contribution < -0.4 is 5.32 Å². The maximum Gasteiger partial charge on any atom is 0.305 e.